The van der Waals surface area contributed by atoms with Crippen LogP contribution in [0.4, 0.5) is 4.39 Å². The second-order valence-corrected chi connectivity index (χ2v) is 15.8. The zero-order valence-electron chi connectivity index (χ0n) is 24.2. The summed E-state index contributed by atoms with van der Waals surface area (Å²) >= 11 is 0. The molecular formula is C34H31FIrN2OSi-2. The Bertz CT molecular complexity index is 1770. The summed E-state index contributed by atoms with van der Waals surface area (Å²) in [4.78, 5) is 8.89. The van der Waals surface area contributed by atoms with Crippen molar-refractivity contribution in [2.24, 2.45) is 0 Å². The van der Waals surface area contributed by atoms with E-state index in [1.807, 2.05) is 68.6 Å². The van der Waals surface area contributed by atoms with Gasteiger partial charge in [-0.15, -0.1) is 48.0 Å². The molecule has 0 aliphatic carbocycles. The molecule has 205 valence electrons. The molecule has 1 radical (unpaired) electrons. The Morgan fingerprint density at radius 1 is 0.900 bits per heavy atom. The number of aromatic nitrogens is 2. The summed E-state index contributed by atoms with van der Waals surface area (Å²) in [6, 6.07) is 30.5. The van der Waals surface area contributed by atoms with E-state index >= 15 is 0 Å². The van der Waals surface area contributed by atoms with E-state index in [1.165, 1.54) is 17.3 Å². The molecule has 0 atom stereocenters. The topological polar surface area (TPSA) is 38.9 Å². The molecule has 0 amide bonds. The molecule has 0 aliphatic heterocycles. The molecule has 0 bridgehead atoms. The fourth-order valence-electron chi connectivity index (χ4n) is 4.32. The van der Waals surface area contributed by atoms with Crippen molar-refractivity contribution in [1.82, 2.24) is 9.97 Å². The number of hydrogen-bond donors (Lipinski definition) is 0. The Hall–Kier alpha value is -3.44. The molecule has 6 heteroatoms. The number of halogens is 1. The minimum atomic E-state index is -1.30. The van der Waals surface area contributed by atoms with Crippen molar-refractivity contribution >= 4 is 35.2 Å². The number of hydrogen-bond acceptors (Lipinski definition) is 3. The molecule has 3 nitrogen and oxygen atoms in total. The first-order chi connectivity index (χ1) is 19.0. The van der Waals surface area contributed by atoms with E-state index in [9.17, 15) is 4.39 Å². The van der Waals surface area contributed by atoms with E-state index in [0.717, 1.165) is 50.0 Å². The SMILES string of the molecule is C[Si](C)(C)c1ccc(-c2[c-]cc(F)cc2)nc1.[2H]C(C)(C)c1ccnc(-c2[c-]ccc3c2oc2ccccc23)c1.[Ir]. The van der Waals surface area contributed by atoms with E-state index in [1.54, 1.807) is 12.3 Å². The summed E-state index contributed by atoms with van der Waals surface area (Å²) in [7, 11) is -1.30. The molecule has 3 aromatic heterocycles. The van der Waals surface area contributed by atoms with Gasteiger partial charge in [-0.2, -0.15) is 0 Å². The zero-order valence-corrected chi connectivity index (χ0v) is 26.6. The summed E-state index contributed by atoms with van der Waals surface area (Å²) in [5.41, 5.74) is 5.86. The summed E-state index contributed by atoms with van der Waals surface area (Å²) < 4.78 is 27.0. The molecule has 0 spiro atoms. The van der Waals surface area contributed by atoms with Crippen molar-refractivity contribution < 1.29 is 30.3 Å². The summed E-state index contributed by atoms with van der Waals surface area (Å²) in [6.45, 7) is 10.6. The molecule has 6 aromatic rings. The number of nitrogens with zero attached hydrogens (tertiary/aromatic N) is 2. The van der Waals surface area contributed by atoms with Gasteiger partial charge in [0.15, 0.2) is 0 Å². The van der Waals surface area contributed by atoms with Crippen LogP contribution in [0.2, 0.25) is 19.6 Å². The maximum Gasteiger partial charge on any atom is 0.120 e. The van der Waals surface area contributed by atoms with Gasteiger partial charge in [-0.3, -0.25) is 4.39 Å². The minimum Gasteiger partial charge on any atom is -0.501 e. The number of benzene rings is 3. The monoisotopic (exact) mass is 724 g/mol. The second-order valence-electron chi connectivity index (χ2n) is 10.7. The van der Waals surface area contributed by atoms with Crippen LogP contribution in [0.15, 0.2) is 95.7 Å². The van der Waals surface area contributed by atoms with Gasteiger partial charge < -0.3 is 14.4 Å². The number of fused-ring (bicyclic) bond motifs is 3. The van der Waals surface area contributed by atoms with E-state index in [2.05, 4.69) is 53.9 Å². The van der Waals surface area contributed by atoms with Crippen molar-refractivity contribution in [1.29, 1.82) is 0 Å². The normalized spacial score (nSPS) is 11.9. The molecule has 0 saturated carbocycles. The molecule has 0 aliphatic rings. The Morgan fingerprint density at radius 3 is 2.38 bits per heavy atom. The Morgan fingerprint density at radius 2 is 1.70 bits per heavy atom. The Labute approximate surface area is 251 Å². The Kier molecular flexibility index (Phi) is 8.70. The predicted molar refractivity (Wildman–Crippen MR) is 161 cm³/mol. The number of rotatable bonds is 4. The molecule has 0 N–H and O–H groups in total. The average Bonchev–Trinajstić information content (AvgIpc) is 3.32. The molecule has 0 saturated heterocycles. The molecule has 6 rings (SSSR count). The smallest absolute Gasteiger partial charge is 0.120 e. The quantitative estimate of drug-likeness (QED) is 0.135. The summed E-state index contributed by atoms with van der Waals surface area (Å²) in [5.74, 6) is -0.938. The van der Waals surface area contributed by atoms with Gasteiger partial charge in [0.05, 0.1) is 13.7 Å². The zero-order chi connectivity index (χ0) is 28.5. The number of furan rings is 1. The van der Waals surface area contributed by atoms with Gasteiger partial charge in [0.25, 0.3) is 0 Å². The van der Waals surface area contributed by atoms with Crippen LogP contribution in [0.25, 0.3) is 44.5 Å². The van der Waals surface area contributed by atoms with E-state index in [-0.39, 0.29) is 25.9 Å². The molecular weight excluding hydrogens is 692 g/mol. The van der Waals surface area contributed by atoms with Gasteiger partial charge in [0, 0.05) is 45.1 Å². The maximum absolute atomic E-state index is 12.8. The standard InChI is InChI=1S/C20H16NO.C14H15FNSi.Ir/c1-13(2)14-10-11-21-18(12-14)17-8-5-7-16-15-6-3-4-9-19(15)22-20(16)17;1-17(2,3)13-8-9-14(16-10-13)11-4-6-12(15)7-5-11;/h3-7,9-13H,1-2H3;4,6-10H,1-3H3;/q2*-1;/i13D;;. The van der Waals surface area contributed by atoms with Crippen LogP contribution >= 0.6 is 0 Å². The number of para-hydroxylation sites is 1. The van der Waals surface area contributed by atoms with Crippen LogP contribution in [0.5, 0.6) is 0 Å². The van der Waals surface area contributed by atoms with Gasteiger partial charge in [0.1, 0.15) is 5.58 Å². The molecule has 0 unspecified atom stereocenters. The van der Waals surface area contributed by atoms with Crippen molar-refractivity contribution in [3.05, 3.63) is 115 Å². The van der Waals surface area contributed by atoms with Gasteiger partial charge in [-0.05, 0) is 34.6 Å². The first kappa shape index (κ1) is 28.1. The predicted octanol–water partition coefficient (Wildman–Crippen LogP) is 8.80. The van der Waals surface area contributed by atoms with Gasteiger partial charge in [-0.1, -0.05) is 86.4 Å². The maximum atomic E-state index is 12.8. The largest absolute Gasteiger partial charge is 0.501 e. The van der Waals surface area contributed by atoms with Gasteiger partial charge >= 0.3 is 0 Å². The Balaban J connectivity index is 0.000000193. The van der Waals surface area contributed by atoms with Crippen LogP contribution in [-0.2, 0) is 20.1 Å². The second kappa shape index (κ2) is 12.4. The average molecular weight is 724 g/mol. The van der Waals surface area contributed by atoms with Crippen molar-refractivity contribution in [2.45, 2.75) is 39.4 Å². The summed E-state index contributed by atoms with van der Waals surface area (Å²) in [6.07, 6.45) is 3.68. The van der Waals surface area contributed by atoms with E-state index in [4.69, 9.17) is 5.79 Å². The first-order valence-electron chi connectivity index (χ1n) is 13.4. The number of pyridine rings is 2. The van der Waals surface area contributed by atoms with Crippen molar-refractivity contribution in [3.63, 3.8) is 0 Å². The van der Waals surface area contributed by atoms with Gasteiger partial charge in [-0.25, -0.2) is 0 Å². The van der Waals surface area contributed by atoms with Gasteiger partial charge in [0.2, 0.25) is 0 Å². The third-order valence-corrected chi connectivity index (χ3v) is 8.64. The fourth-order valence-corrected chi connectivity index (χ4v) is 5.36. The summed E-state index contributed by atoms with van der Waals surface area (Å²) in [5, 5.41) is 3.48. The van der Waals surface area contributed by atoms with Crippen molar-refractivity contribution in [2.75, 3.05) is 0 Å². The third-order valence-electron chi connectivity index (χ3n) is 6.61. The van der Waals surface area contributed by atoms with E-state index in [0.29, 0.717) is 0 Å². The molecule has 3 aromatic carbocycles. The third kappa shape index (κ3) is 6.47. The van der Waals surface area contributed by atoms with Crippen LogP contribution in [-0.4, -0.2) is 18.0 Å². The van der Waals surface area contributed by atoms with Crippen LogP contribution in [0.3, 0.4) is 0 Å². The van der Waals surface area contributed by atoms with Crippen LogP contribution in [0, 0.1) is 17.9 Å². The fraction of sp³-hybridized carbons (Fsp3) is 0.176. The molecule has 3 heterocycles. The van der Waals surface area contributed by atoms with E-state index < -0.39 is 14.0 Å². The molecule has 0 fully saturated rings. The van der Waals surface area contributed by atoms with Crippen LogP contribution < -0.4 is 5.19 Å². The minimum absolute atomic E-state index is 0. The van der Waals surface area contributed by atoms with Crippen LogP contribution in [0.1, 0.15) is 26.7 Å². The molecule has 40 heavy (non-hydrogen) atoms. The first-order valence-corrected chi connectivity index (χ1v) is 16.4. The van der Waals surface area contributed by atoms with Crippen molar-refractivity contribution in [3.8, 4) is 22.5 Å².